The number of carbonyl (C=O) groups is 1. The van der Waals surface area contributed by atoms with Crippen molar-refractivity contribution in [3.63, 3.8) is 0 Å². The first kappa shape index (κ1) is 12.8. The van der Waals surface area contributed by atoms with Gasteiger partial charge in [0, 0.05) is 12.2 Å². The number of nitrogens with zero attached hydrogens (tertiary/aromatic N) is 1. The summed E-state index contributed by atoms with van der Waals surface area (Å²) in [6.07, 6.45) is 1.74. The van der Waals surface area contributed by atoms with Crippen molar-refractivity contribution in [2.75, 3.05) is 13.2 Å². The summed E-state index contributed by atoms with van der Waals surface area (Å²) in [6, 6.07) is 1.87. The minimum Gasteiger partial charge on any atom is -0.462 e. The Bertz CT molecular complexity index is 273. The molecule has 5 heteroatoms. The van der Waals surface area contributed by atoms with Crippen LogP contribution in [0.15, 0.2) is 11.3 Å². The zero-order valence-electron chi connectivity index (χ0n) is 8.00. The van der Waals surface area contributed by atoms with Crippen molar-refractivity contribution in [1.82, 2.24) is 5.32 Å². The Morgan fingerprint density at radius 3 is 2.86 bits per heavy atom. The van der Waals surface area contributed by atoms with E-state index in [0.717, 1.165) is 25.1 Å². The van der Waals surface area contributed by atoms with Crippen molar-refractivity contribution in [2.45, 2.75) is 19.8 Å². The standard InChI is InChI=1S/C9H12N2O2.ClH/c1-2-13-9(12)7(6-10)8-4-3-5-11-8;/h11H,2-5H2,1H3;1H/b8-7+;. The molecular weight excluding hydrogens is 204 g/mol. The van der Waals surface area contributed by atoms with Crippen molar-refractivity contribution in [1.29, 1.82) is 5.26 Å². The summed E-state index contributed by atoms with van der Waals surface area (Å²) in [5.74, 6) is -0.519. The van der Waals surface area contributed by atoms with Crippen molar-refractivity contribution >= 4 is 18.4 Å². The van der Waals surface area contributed by atoms with E-state index in [2.05, 4.69) is 5.32 Å². The normalized spacial score (nSPS) is 17.4. The maximum Gasteiger partial charge on any atom is 0.350 e. The molecule has 4 nitrogen and oxygen atoms in total. The quantitative estimate of drug-likeness (QED) is 0.427. The highest BCUT2D eigenvalue weighted by Gasteiger charge is 2.18. The molecule has 1 fully saturated rings. The third-order valence-electron chi connectivity index (χ3n) is 1.84. The molecular formula is C9H13ClN2O2. The maximum atomic E-state index is 11.2. The molecule has 0 unspecified atom stereocenters. The molecule has 78 valence electrons. The Kier molecular flexibility index (Phi) is 5.73. The summed E-state index contributed by atoms with van der Waals surface area (Å²) in [4.78, 5) is 11.2. The fourth-order valence-corrected chi connectivity index (χ4v) is 1.25. The molecule has 1 N–H and O–H groups in total. The number of hydrogen-bond acceptors (Lipinski definition) is 4. The van der Waals surface area contributed by atoms with Gasteiger partial charge in [-0.1, -0.05) is 0 Å². The Morgan fingerprint density at radius 1 is 1.71 bits per heavy atom. The van der Waals surface area contributed by atoms with E-state index in [1.165, 1.54) is 0 Å². The predicted octanol–water partition coefficient (Wildman–Crippen LogP) is 1.13. The van der Waals surface area contributed by atoms with Crippen molar-refractivity contribution < 1.29 is 9.53 Å². The zero-order chi connectivity index (χ0) is 9.68. The van der Waals surface area contributed by atoms with Crippen LogP contribution in [0.4, 0.5) is 0 Å². The Hall–Kier alpha value is -1.21. The highest BCUT2D eigenvalue weighted by atomic mass is 35.5. The Balaban J connectivity index is 0.00000169. The van der Waals surface area contributed by atoms with Gasteiger partial charge in [-0.2, -0.15) is 5.26 Å². The number of hydrogen-bond donors (Lipinski definition) is 1. The van der Waals surface area contributed by atoms with E-state index in [9.17, 15) is 4.79 Å². The molecule has 14 heavy (non-hydrogen) atoms. The molecule has 0 amide bonds. The van der Waals surface area contributed by atoms with Gasteiger partial charge in [-0.3, -0.25) is 0 Å². The van der Waals surface area contributed by atoms with Crippen LogP contribution in [-0.4, -0.2) is 19.1 Å². The van der Waals surface area contributed by atoms with Gasteiger partial charge in [0.15, 0.2) is 5.57 Å². The minimum absolute atomic E-state index is 0. The van der Waals surface area contributed by atoms with Gasteiger partial charge in [0.05, 0.1) is 6.61 Å². The molecule has 1 aliphatic heterocycles. The summed E-state index contributed by atoms with van der Waals surface area (Å²) in [5.41, 5.74) is 0.848. The van der Waals surface area contributed by atoms with Crippen LogP contribution in [0.3, 0.4) is 0 Å². The fourth-order valence-electron chi connectivity index (χ4n) is 1.25. The van der Waals surface area contributed by atoms with Crippen LogP contribution in [0.1, 0.15) is 19.8 Å². The van der Waals surface area contributed by atoms with Gasteiger partial charge >= 0.3 is 5.97 Å². The number of nitrogens with one attached hydrogen (secondary N) is 1. The van der Waals surface area contributed by atoms with Gasteiger partial charge in [-0.25, -0.2) is 4.79 Å². The van der Waals surface area contributed by atoms with E-state index in [4.69, 9.17) is 10.00 Å². The second-order valence-electron chi connectivity index (χ2n) is 2.72. The molecule has 0 saturated carbocycles. The molecule has 1 aliphatic rings. The number of halogens is 1. The molecule has 0 aliphatic carbocycles. The van der Waals surface area contributed by atoms with Gasteiger partial charge in [-0.15, -0.1) is 12.4 Å². The Labute approximate surface area is 89.3 Å². The average Bonchev–Trinajstić information content (AvgIpc) is 2.59. The van der Waals surface area contributed by atoms with Crippen molar-refractivity contribution in [3.8, 4) is 6.07 Å². The molecule has 1 saturated heterocycles. The lowest BCUT2D eigenvalue weighted by molar-refractivity contribution is -0.138. The summed E-state index contributed by atoms with van der Waals surface area (Å²) >= 11 is 0. The molecule has 1 rings (SSSR count). The smallest absolute Gasteiger partial charge is 0.350 e. The largest absolute Gasteiger partial charge is 0.462 e. The molecule has 0 aromatic rings. The molecule has 0 aromatic heterocycles. The zero-order valence-corrected chi connectivity index (χ0v) is 8.82. The van der Waals surface area contributed by atoms with E-state index in [0.29, 0.717) is 6.61 Å². The SMILES string of the molecule is CCOC(=O)/C(C#N)=C1\CCCN1.Cl. The van der Waals surface area contributed by atoms with E-state index in [1.54, 1.807) is 6.92 Å². The van der Waals surface area contributed by atoms with Gasteiger partial charge < -0.3 is 10.1 Å². The van der Waals surface area contributed by atoms with Crippen molar-refractivity contribution in [3.05, 3.63) is 11.3 Å². The number of rotatable bonds is 2. The first-order valence-corrected chi connectivity index (χ1v) is 4.33. The van der Waals surface area contributed by atoms with E-state index < -0.39 is 5.97 Å². The summed E-state index contributed by atoms with van der Waals surface area (Å²) in [6.45, 7) is 2.86. The molecule has 0 bridgehead atoms. The number of ether oxygens (including phenoxy) is 1. The van der Waals surface area contributed by atoms with Gasteiger partial charge in [-0.05, 0) is 19.8 Å². The third kappa shape index (κ3) is 2.93. The number of nitriles is 1. The molecule has 1 heterocycles. The number of allylic oxidation sites excluding steroid dienone is 1. The highest BCUT2D eigenvalue weighted by Crippen LogP contribution is 2.14. The monoisotopic (exact) mass is 216 g/mol. The topological polar surface area (TPSA) is 62.1 Å². The number of carbonyl (C=O) groups excluding carboxylic acids is 1. The van der Waals surface area contributed by atoms with E-state index in [-0.39, 0.29) is 18.0 Å². The van der Waals surface area contributed by atoms with E-state index in [1.807, 2.05) is 6.07 Å². The maximum absolute atomic E-state index is 11.2. The Morgan fingerprint density at radius 2 is 2.43 bits per heavy atom. The molecule has 0 aromatic carbocycles. The van der Waals surface area contributed by atoms with Crippen LogP contribution >= 0.6 is 12.4 Å². The van der Waals surface area contributed by atoms with Gasteiger partial charge in [0.2, 0.25) is 0 Å². The van der Waals surface area contributed by atoms with Crippen LogP contribution in [-0.2, 0) is 9.53 Å². The summed E-state index contributed by atoms with van der Waals surface area (Å²) < 4.78 is 4.75. The van der Waals surface area contributed by atoms with Crippen LogP contribution in [0.5, 0.6) is 0 Å². The predicted molar refractivity (Wildman–Crippen MR) is 53.8 cm³/mol. The molecule has 0 spiro atoms. The van der Waals surface area contributed by atoms with Crippen LogP contribution in [0.25, 0.3) is 0 Å². The summed E-state index contributed by atoms with van der Waals surface area (Å²) in [7, 11) is 0. The highest BCUT2D eigenvalue weighted by molar-refractivity contribution is 5.93. The van der Waals surface area contributed by atoms with Crippen molar-refractivity contribution in [2.24, 2.45) is 0 Å². The van der Waals surface area contributed by atoms with E-state index >= 15 is 0 Å². The molecule has 0 atom stereocenters. The van der Waals surface area contributed by atoms with Crippen LogP contribution < -0.4 is 5.32 Å². The lowest BCUT2D eigenvalue weighted by atomic mass is 10.2. The first-order chi connectivity index (χ1) is 6.29. The number of esters is 1. The lowest BCUT2D eigenvalue weighted by Crippen LogP contribution is -2.14. The third-order valence-corrected chi connectivity index (χ3v) is 1.84. The van der Waals surface area contributed by atoms with Gasteiger partial charge in [0.25, 0.3) is 0 Å². The average molecular weight is 217 g/mol. The van der Waals surface area contributed by atoms with Crippen LogP contribution in [0.2, 0.25) is 0 Å². The lowest BCUT2D eigenvalue weighted by Gasteiger charge is -2.03. The first-order valence-electron chi connectivity index (χ1n) is 4.33. The second kappa shape index (κ2) is 6.28. The minimum atomic E-state index is -0.519. The van der Waals surface area contributed by atoms with Crippen LogP contribution in [0, 0.1) is 11.3 Å². The summed E-state index contributed by atoms with van der Waals surface area (Å²) in [5, 5.41) is 11.7. The molecule has 0 radical (unpaired) electrons. The van der Waals surface area contributed by atoms with Gasteiger partial charge in [0.1, 0.15) is 6.07 Å². The second-order valence-corrected chi connectivity index (χ2v) is 2.72. The fraction of sp³-hybridized carbons (Fsp3) is 0.556.